The Kier molecular flexibility index (Phi) is 5.03. The van der Waals surface area contributed by atoms with Crippen molar-refractivity contribution in [1.29, 1.82) is 0 Å². The van der Waals surface area contributed by atoms with E-state index in [0.717, 1.165) is 11.1 Å². The summed E-state index contributed by atoms with van der Waals surface area (Å²) in [6.07, 6.45) is 0. The maximum atomic E-state index is 12.3. The van der Waals surface area contributed by atoms with Gasteiger partial charge in [-0.15, -0.1) is 0 Å². The fourth-order valence-electron chi connectivity index (χ4n) is 2.68. The van der Waals surface area contributed by atoms with E-state index in [9.17, 15) is 14.4 Å². The highest BCUT2D eigenvalue weighted by Crippen LogP contribution is 2.15. The normalized spacial score (nSPS) is 10.6. The SMILES string of the molecule is COC(=O)c1ccc2c(=O)[nH]c(COC(=O)c3cccc(C)c3C)nc2c1. The summed E-state index contributed by atoms with van der Waals surface area (Å²) in [4.78, 5) is 43.0. The molecule has 0 atom stereocenters. The Morgan fingerprint density at radius 3 is 2.63 bits per heavy atom. The number of carbonyl (C=O) groups is 2. The fraction of sp³-hybridized carbons (Fsp3) is 0.200. The zero-order chi connectivity index (χ0) is 19.6. The number of ether oxygens (including phenoxy) is 2. The third-order valence-corrected chi connectivity index (χ3v) is 4.34. The van der Waals surface area contributed by atoms with Crippen molar-refractivity contribution in [2.24, 2.45) is 0 Å². The lowest BCUT2D eigenvalue weighted by atomic mass is 10.0. The first kappa shape index (κ1) is 18.3. The first-order chi connectivity index (χ1) is 12.9. The summed E-state index contributed by atoms with van der Waals surface area (Å²) in [5.41, 5.74) is 2.50. The average molecular weight is 366 g/mol. The van der Waals surface area contributed by atoms with Crippen LogP contribution < -0.4 is 5.56 Å². The molecule has 0 aliphatic heterocycles. The molecule has 1 heterocycles. The Labute approximate surface area is 155 Å². The number of aromatic amines is 1. The lowest BCUT2D eigenvalue weighted by Crippen LogP contribution is -2.15. The number of aromatic nitrogens is 2. The van der Waals surface area contributed by atoms with Crippen molar-refractivity contribution in [3.63, 3.8) is 0 Å². The van der Waals surface area contributed by atoms with E-state index in [-0.39, 0.29) is 23.6 Å². The summed E-state index contributed by atoms with van der Waals surface area (Å²) in [7, 11) is 1.27. The number of hydrogen-bond acceptors (Lipinski definition) is 6. The van der Waals surface area contributed by atoms with Crippen molar-refractivity contribution in [2.75, 3.05) is 7.11 Å². The second-order valence-corrected chi connectivity index (χ2v) is 6.06. The lowest BCUT2D eigenvalue weighted by molar-refractivity contribution is 0.0461. The van der Waals surface area contributed by atoms with Gasteiger partial charge in [-0.1, -0.05) is 12.1 Å². The van der Waals surface area contributed by atoms with Gasteiger partial charge < -0.3 is 14.5 Å². The Balaban J connectivity index is 1.86. The molecular weight excluding hydrogens is 348 g/mol. The molecule has 0 radical (unpaired) electrons. The first-order valence-electron chi connectivity index (χ1n) is 8.25. The van der Waals surface area contributed by atoms with Crippen LogP contribution >= 0.6 is 0 Å². The molecule has 0 fully saturated rings. The molecule has 1 N–H and O–H groups in total. The van der Waals surface area contributed by atoms with Crippen LogP contribution in [0, 0.1) is 13.8 Å². The van der Waals surface area contributed by atoms with Gasteiger partial charge in [0.2, 0.25) is 0 Å². The molecule has 3 rings (SSSR count). The summed E-state index contributed by atoms with van der Waals surface area (Å²) >= 11 is 0. The predicted molar refractivity (Wildman–Crippen MR) is 98.7 cm³/mol. The highest BCUT2D eigenvalue weighted by molar-refractivity contribution is 5.94. The van der Waals surface area contributed by atoms with Gasteiger partial charge in [0.15, 0.2) is 0 Å². The number of nitrogens with one attached hydrogen (secondary N) is 1. The van der Waals surface area contributed by atoms with E-state index in [0.29, 0.717) is 16.5 Å². The van der Waals surface area contributed by atoms with E-state index in [4.69, 9.17) is 4.74 Å². The van der Waals surface area contributed by atoms with Crippen molar-refractivity contribution >= 4 is 22.8 Å². The van der Waals surface area contributed by atoms with Crippen molar-refractivity contribution < 1.29 is 19.1 Å². The number of nitrogens with zero attached hydrogens (tertiary/aromatic N) is 1. The second-order valence-electron chi connectivity index (χ2n) is 6.06. The van der Waals surface area contributed by atoms with Gasteiger partial charge in [0.05, 0.1) is 29.1 Å². The van der Waals surface area contributed by atoms with Crippen LogP contribution in [0.25, 0.3) is 10.9 Å². The van der Waals surface area contributed by atoms with Crippen LogP contribution in [0.5, 0.6) is 0 Å². The zero-order valence-corrected chi connectivity index (χ0v) is 15.2. The molecule has 3 aromatic rings. The minimum Gasteiger partial charge on any atom is -0.465 e. The molecule has 0 aliphatic carbocycles. The maximum Gasteiger partial charge on any atom is 0.338 e. The summed E-state index contributed by atoms with van der Waals surface area (Å²) in [6, 6.07) is 9.83. The quantitative estimate of drug-likeness (QED) is 0.713. The molecule has 1 aromatic heterocycles. The molecule has 0 saturated carbocycles. The van der Waals surface area contributed by atoms with Crippen molar-refractivity contribution in [3.8, 4) is 0 Å². The van der Waals surface area contributed by atoms with Crippen molar-refractivity contribution in [2.45, 2.75) is 20.5 Å². The third kappa shape index (κ3) is 3.72. The molecule has 2 aromatic carbocycles. The number of aryl methyl sites for hydroxylation is 1. The predicted octanol–water partition coefficient (Wildman–Crippen LogP) is 2.68. The molecule has 7 heteroatoms. The monoisotopic (exact) mass is 366 g/mol. The number of carbonyl (C=O) groups excluding carboxylic acids is 2. The van der Waals surface area contributed by atoms with Gasteiger partial charge in [-0.25, -0.2) is 14.6 Å². The number of fused-ring (bicyclic) bond motifs is 1. The van der Waals surface area contributed by atoms with Crippen LogP contribution in [0.3, 0.4) is 0 Å². The highest BCUT2D eigenvalue weighted by Gasteiger charge is 2.14. The Bertz CT molecular complexity index is 1100. The number of benzene rings is 2. The molecule has 0 bridgehead atoms. The van der Waals surface area contributed by atoms with Crippen LogP contribution in [0.2, 0.25) is 0 Å². The van der Waals surface area contributed by atoms with Crippen molar-refractivity contribution in [3.05, 3.63) is 74.8 Å². The average Bonchev–Trinajstić information content (AvgIpc) is 2.67. The van der Waals surface area contributed by atoms with Gasteiger partial charge in [-0.2, -0.15) is 0 Å². The van der Waals surface area contributed by atoms with Crippen LogP contribution in [0.4, 0.5) is 0 Å². The molecule has 0 spiro atoms. The number of methoxy groups -OCH3 is 1. The molecule has 0 unspecified atom stereocenters. The Hall–Kier alpha value is -3.48. The first-order valence-corrected chi connectivity index (χ1v) is 8.25. The molecule has 7 nitrogen and oxygen atoms in total. The van der Waals surface area contributed by atoms with Gasteiger partial charge in [0, 0.05) is 0 Å². The van der Waals surface area contributed by atoms with E-state index < -0.39 is 11.9 Å². The third-order valence-electron chi connectivity index (χ3n) is 4.34. The molecular formula is C20H18N2O5. The van der Waals surface area contributed by atoms with Crippen LogP contribution in [-0.4, -0.2) is 29.0 Å². The minimum atomic E-state index is -0.526. The molecule has 0 amide bonds. The van der Waals surface area contributed by atoms with E-state index in [2.05, 4.69) is 14.7 Å². The van der Waals surface area contributed by atoms with E-state index >= 15 is 0 Å². The van der Waals surface area contributed by atoms with E-state index in [1.165, 1.54) is 25.3 Å². The van der Waals surface area contributed by atoms with Crippen LogP contribution in [0.1, 0.15) is 37.7 Å². The summed E-state index contributed by atoms with van der Waals surface area (Å²) in [5.74, 6) is -0.836. The summed E-state index contributed by atoms with van der Waals surface area (Å²) < 4.78 is 9.96. The molecule has 0 saturated heterocycles. The zero-order valence-electron chi connectivity index (χ0n) is 15.2. The maximum absolute atomic E-state index is 12.3. The summed E-state index contributed by atoms with van der Waals surface area (Å²) in [5, 5.41) is 0.326. The number of rotatable bonds is 4. The highest BCUT2D eigenvalue weighted by atomic mass is 16.5. The van der Waals surface area contributed by atoms with Gasteiger partial charge in [0.25, 0.3) is 5.56 Å². The standard InChI is InChI=1S/C20H18N2O5/c1-11-5-4-6-14(12(11)2)20(25)27-10-17-21-16-9-13(19(24)26-3)7-8-15(16)18(23)22-17/h4-9H,10H2,1-3H3,(H,21,22,23). The van der Waals surface area contributed by atoms with Gasteiger partial charge >= 0.3 is 11.9 Å². The Morgan fingerprint density at radius 1 is 1.11 bits per heavy atom. The van der Waals surface area contributed by atoms with E-state index in [1.54, 1.807) is 12.1 Å². The molecule has 27 heavy (non-hydrogen) atoms. The molecule has 0 aliphatic rings. The van der Waals surface area contributed by atoms with Gasteiger partial charge in [-0.05, 0) is 49.2 Å². The van der Waals surface area contributed by atoms with Crippen LogP contribution in [-0.2, 0) is 16.1 Å². The number of esters is 2. The minimum absolute atomic E-state index is 0.188. The number of H-pyrrole nitrogens is 1. The fourth-order valence-corrected chi connectivity index (χ4v) is 2.68. The van der Waals surface area contributed by atoms with Gasteiger partial charge in [-0.3, -0.25) is 4.79 Å². The van der Waals surface area contributed by atoms with E-state index in [1.807, 2.05) is 19.9 Å². The van der Waals surface area contributed by atoms with Crippen LogP contribution in [0.15, 0.2) is 41.2 Å². The topological polar surface area (TPSA) is 98.4 Å². The Morgan fingerprint density at radius 2 is 1.89 bits per heavy atom. The van der Waals surface area contributed by atoms with Crippen molar-refractivity contribution in [1.82, 2.24) is 9.97 Å². The smallest absolute Gasteiger partial charge is 0.338 e. The lowest BCUT2D eigenvalue weighted by Gasteiger charge is -2.09. The second kappa shape index (κ2) is 7.41. The number of hydrogen-bond donors (Lipinski definition) is 1. The summed E-state index contributed by atoms with van der Waals surface area (Å²) in [6.45, 7) is 3.56. The largest absolute Gasteiger partial charge is 0.465 e. The van der Waals surface area contributed by atoms with Gasteiger partial charge in [0.1, 0.15) is 12.4 Å². The molecule has 138 valence electrons.